The summed E-state index contributed by atoms with van der Waals surface area (Å²) in [4.78, 5) is 0. The van der Waals surface area contributed by atoms with Gasteiger partial charge in [0.15, 0.2) is 0 Å². The van der Waals surface area contributed by atoms with Crippen LogP contribution < -0.4 is 51.4 Å². The summed E-state index contributed by atoms with van der Waals surface area (Å²) in [6.45, 7) is 11.8. The minimum absolute atomic E-state index is 0. The molecule has 0 aliphatic heterocycles. The van der Waals surface area contributed by atoms with Crippen LogP contribution in [0, 0.1) is 0 Å². The molecule has 0 amide bonds. The Labute approximate surface area is 131 Å². The first-order chi connectivity index (χ1) is 5.91. The van der Waals surface area contributed by atoms with E-state index in [2.05, 4.69) is 0 Å². The SMILES string of the molecule is CC(C)O[B-](OC(C)C)OC(C)C.[K+]. The van der Waals surface area contributed by atoms with Gasteiger partial charge in [-0.05, 0) is 41.5 Å². The van der Waals surface area contributed by atoms with E-state index in [1.54, 1.807) is 0 Å². The van der Waals surface area contributed by atoms with Crippen LogP contribution in [-0.2, 0) is 14.0 Å². The molecule has 0 aromatic carbocycles. The summed E-state index contributed by atoms with van der Waals surface area (Å²) in [5.74, 6) is 0. The fourth-order valence-electron chi connectivity index (χ4n) is 0.763. The Balaban J connectivity index is 0. The summed E-state index contributed by atoms with van der Waals surface area (Å²) in [5.41, 5.74) is 0. The maximum absolute atomic E-state index is 5.43. The van der Waals surface area contributed by atoms with Crippen LogP contribution >= 0.6 is 0 Å². The molecule has 1 radical (unpaired) electrons. The third kappa shape index (κ3) is 11.7. The molecule has 3 nitrogen and oxygen atoms in total. The predicted octanol–water partition coefficient (Wildman–Crippen LogP) is -0.750. The summed E-state index contributed by atoms with van der Waals surface area (Å²) < 4.78 is 16.3. The zero-order chi connectivity index (χ0) is 10.4. The Morgan fingerprint density at radius 3 is 1.00 bits per heavy atom. The fraction of sp³-hybridized carbons (Fsp3) is 1.00. The Morgan fingerprint density at radius 1 is 0.643 bits per heavy atom. The molecule has 0 saturated carbocycles. The van der Waals surface area contributed by atoms with Crippen molar-refractivity contribution < 1.29 is 65.3 Å². The average Bonchev–Trinajstić information content (AvgIpc) is 1.80. The zero-order valence-corrected chi connectivity index (χ0v) is 13.7. The molecule has 0 N–H and O–H groups in total. The van der Waals surface area contributed by atoms with Crippen molar-refractivity contribution in [1.29, 1.82) is 0 Å². The Hall–Kier alpha value is 1.58. The molecule has 0 fully saturated rings. The smallest absolute Gasteiger partial charge is 0.564 e. The quantitative estimate of drug-likeness (QED) is 0.559. The minimum Gasteiger partial charge on any atom is -0.564 e. The van der Waals surface area contributed by atoms with Crippen molar-refractivity contribution in [1.82, 2.24) is 0 Å². The van der Waals surface area contributed by atoms with E-state index < -0.39 is 7.32 Å². The second-order valence-corrected chi connectivity index (χ2v) is 3.84. The van der Waals surface area contributed by atoms with Crippen molar-refractivity contribution in [2.24, 2.45) is 0 Å². The molecular formula is C9H21BKO3. The van der Waals surface area contributed by atoms with Crippen LogP contribution in [0.4, 0.5) is 0 Å². The van der Waals surface area contributed by atoms with Gasteiger partial charge in [0.2, 0.25) is 0 Å². The molecule has 14 heavy (non-hydrogen) atoms. The van der Waals surface area contributed by atoms with Gasteiger partial charge in [-0.15, -0.1) is 0 Å². The van der Waals surface area contributed by atoms with Gasteiger partial charge in [-0.25, -0.2) is 0 Å². The summed E-state index contributed by atoms with van der Waals surface area (Å²) in [6, 6.07) is 0. The van der Waals surface area contributed by atoms with Crippen LogP contribution in [0.3, 0.4) is 0 Å². The molecular weight excluding hydrogens is 206 g/mol. The molecule has 0 bridgehead atoms. The topological polar surface area (TPSA) is 27.7 Å². The molecule has 0 spiro atoms. The van der Waals surface area contributed by atoms with Gasteiger partial charge in [0.1, 0.15) is 0 Å². The minimum atomic E-state index is -0.542. The summed E-state index contributed by atoms with van der Waals surface area (Å²) in [5, 5.41) is 0. The van der Waals surface area contributed by atoms with Crippen molar-refractivity contribution in [3.63, 3.8) is 0 Å². The second kappa shape index (κ2) is 9.78. The van der Waals surface area contributed by atoms with E-state index >= 15 is 0 Å². The van der Waals surface area contributed by atoms with Gasteiger partial charge in [-0.1, -0.05) is 0 Å². The van der Waals surface area contributed by atoms with E-state index in [1.165, 1.54) is 0 Å². The molecule has 0 aliphatic rings. The normalized spacial score (nSPS) is 11.6. The number of hydrogen-bond acceptors (Lipinski definition) is 3. The van der Waals surface area contributed by atoms with E-state index in [4.69, 9.17) is 14.0 Å². The van der Waals surface area contributed by atoms with Crippen LogP contribution in [0.5, 0.6) is 0 Å². The first-order valence-corrected chi connectivity index (χ1v) is 4.88. The van der Waals surface area contributed by atoms with Crippen molar-refractivity contribution in [3.8, 4) is 0 Å². The van der Waals surface area contributed by atoms with Gasteiger partial charge < -0.3 is 14.0 Å². The third-order valence-corrected chi connectivity index (χ3v) is 1.15. The van der Waals surface area contributed by atoms with E-state index in [-0.39, 0.29) is 69.7 Å². The van der Waals surface area contributed by atoms with Crippen LogP contribution in [0.2, 0.25) is 0 Å². The van der Waals surface area contributed by atoms with Crippen LogP contribution in [0.1, 0.15) is 41.5 Å². The molecule has 79 valence electrons. The molecule has 0 rings (SSSR count). The molecule has 0 aromatic heterocycles. The monoisotopic (exact) mass is 227 g/mol. The molecule has 5 heteroatoms. The zero-order valence-electron chi connectivity index (χ0n) is 10.5. The van der Waals surface area contributed by atoms with Crippen molar-refractivity contribution in [2.75, 3.05) is 0 Å². The molecule has 0 aliphatic carbocycles. The Kier molecular flexibility index (Phi) is 12.5. The molecule has 0 aromatic rings. The molecule has 0 atom stereocenters. The number of rotatable bonds is 6. The molecule has 0 unspecified atom stereocenters. The van der Waals surface area contributed by atoms with Gasteiger partial charge in [-0.2, -0.15) is 0 Å². The maximum Gasteiger partial charge on any atom is 1.00 e. The van der Waals surface area contributed by atoms with E-state index in [1.807, 2.05) is 41.5 Å². The Bertz CT molecular complexity index is 107. The van der Waals surface area contributed by atoms with Gasteiger partial charge in [0.25, 0.3) is 0 Å². The average molecular weight is 227 g/mol. The predicted molar refractivity (Wildman–Crippen MR) is 54.4 cm³/mol. The Morgan fingerprint density at radius 2 is 0.857 bits per heavy atom. The van der Waals surface area contributed by atoms with Gasteiger partial charge in [0, 0.05) is 18.3 Å². The standard InChI is InChI=1S/C9H21BO3.K/c1-7(2)11-10(12-8(3)4)13-9(5)6;/h7-9H,1-6H3;/q-1;+1. The summed E-state index contributed by atoms with van der Waals surface area (Å²) in [7, 11) is -0.542. The van der Waals surface area contributed by atoms with Crippen LogP contribution in [0.15, 0.2) is 0 Å². The fourth-order valence-corrected chi connectivity index (χ4v) is 0.763. The first kappa shape index (κ1) is 18.0. The van der Waals surface area contributed by atoms with Gasteiger partial charge in [-0.3, -0.25) is 0 Å². The van der Waals surface area contributed by atoms with Gasteiger partial charge in [0.05, 0.1) is 0 Å². The maximum atomic E-state index is 5.43. The van der Waals surface area contributed by atoms with Crippen LogP contribution in [-0.4, -0.2) is 25.6 Å². The van der Waals surface area contributed by atoms with Crippen molar-refractivity contribution >= 4 is 7.32 Å². The number of hydrogen-bond donors (Lipinski definition) is 0. The molecule has 0 saturated heterocycles. The second-order valence-electron chi connectivity index (χ2n) is 3.84. The third-order valence-electron chi connectivity index (χ3n) is 1.15. The largest absolute Gasteiger partial charge is 1.00 e. The van der Waals surface area contributed by atoms with E-state index in [0.717, 1.165) is 0 Å². The van der Waals surface area contributed by atoms with Gasteiger partial charge >= 0.3 is 58.7 Å². The summed E-state index contributed by atoms with van der Waals surface area (Å²) in [6.07, 6.45) is 0.340. The summed E-state index contributed by atoms with van der Waals surface area (Å²) >= 11 is 0. The van der Waals surface area contributed by atoms with Crippen LogP contribution in [0.25, 0.3) is 0 Å². The first-order valence-electron chi connectivity index (χ1n) is 4.88. The van der Waals surface area contributed by atoms with Crippen molar-refractivity contribution in [3.05, 3.63) is 0 Å². The van der Waals surface area contributed by atoms with E-state index in [0.29, 0.717) is 0 Å². The molecule has 0 heterocycles. The van der Waals surface area contributed by atoms with E-state index in [9.17, 15) is 0 Å². The van der Waals surface area contributed by atoms with Crippen molar-refractivity contribution in [2.45, 2.75) is 59.9 Å².